The molecule has 28 heavy (non-hydrogen) atoms. The lowest BCUT2D eigenvalue weighted by Crippen LogP contribution is -2.51. The minimum absolute atomic E-state index is 0.0822. The summed E-state index contributed by atoms with van der Waals surface area (Å²) in [6.07, 6.45) is 2.25. The summed E-state index contributed by atoms with van der Waals surface area (Å²) in [7, 11) is 0. The Morgan fingerprint density at radius 3 is 1.64 bits per heavy atom. The standard InChI is InChI=1S/C25H49NO2/c1-15(2)17-18(27-17)23(9,10)24(11,12)22(7,8)14-21(5,6)19-20(28-19)25(13,26)16(3)4/h15-20H,14,26H2,1-13H3. The van der Waals surface area contributed by atoms with Crippen molar-refractivity contribution in [3.05, 3.63) is 0 Å². The number of rotatable bonds is 9. The molecule has 0 aromatic heterocycles. The maximum absolute atomic E-state index is 6.62. The lowest BCUT2D eigenvalue weighted by molar-refractivity contribution is -0.0616. The van der Waals surface area contributed by atoms with Crippen LogP contribution in [0.15, 0.2) is 0 Å². The summed E-state index contributed by atoms with van der Waals surface area (Å²) in [5, 5.41) is 0. The van der Waals surface area contributed by atoms with Gasteiger partial charge in [-0.3, -0.25) is 0 Å². The van der Waals surface area contributed by atoms with Crippen LogP contribution in [-0.2, 0) is 9.47 Å². The molecule has 0 aromatic rings. The molecule has 0 spiro atoms. The summed E-state index contributed by atoms with van der Waals surface area (Å²) in [6.45, 7) is 30.4. The van der Waals surface area contributed by atoms with Crippen LogP contribution in [0.3, 0.4) is 0 Å². The highest BCUT2D eigenvalue weighted by molar-refractivity contribution is 5.12. The molecule has 2 rings (SSSR count). The third kappa shape index (κ3) is 3.93. The molecular weight excluding hydrogens is 346 g/mol. The largest absolute Gasteiger partial charge is 0.369 e. The Morgan fingerprint density at radius 2 is 1.25 bits per heavy atom. The fourth-order valence-electron chi connectivity index (χ4n) is 5.41. The van der Waals surface area contributed by atoms with Crippen molar-refractivity contribution < 1.29 is 9.47 Å². The number of hydrogen-bond donors (Lipinski definition) is 1. The van der Waals surface area contributed by atoms with Gasteiger partial charge in [0.05, 0.1) is 18.3 Å². The minimum atomic E-state index is -0.271. The minimum Gasteiger partial charge on any atom is -0.369 e. The molecule has 0 radical (unpaired) electrons. The Kier molecular flexibility index (Phi) is 6.00. The maximum Gasteiger partial charge on any atom is 0.103 e. The molecule has 3 heteroatoms. The predicted octanol–water partition coefficient (Wildman–Crippen LogP) is 6.05. The van der Waals surface area contributed by atoms with Gasteiger partial charge in [0.1, 0.15) is 6.10 Å². The molecule has 2 aliphatic rings. The van der Waals surface area contributed by atoms with Crippen LogP contribution < -0.4 is 5.73 Å². The SMILES string of the molecule is CC(C)C1OC1C(C)(C)C(C)(C)C(C)(C)CC(C)(C)C1OC1C(C)(N)C(C)C. The predicted molar refractivity (Wildman–Crippen MR) is 119 cm³/mol. The topological polar surface area (TPSA) is 51.1 Å². The van der Waals surface area contributed by atoms with Crippen LogP contribution in [0.4, 0.5) is 0 Å². The first-order chi connectivity index (χ1) is 12.3. The van der Waals surface area contributed by atoms with Gasteiger partial charge in [-0.05, 0) is 46.8 Å². The maximum atomic E-state index is 6.62. The molecule has 2 heterocycles. The van der Waals surface area contributed by atoms with E-state index >= 15 is 0 Å². The molecule has 0 aliphatic carbocycles. The zero-order valence-electron chi connectivity index (χ0n) is 21.1. The van der Waals surface area contributed by atoms with Crippen LogP contribution >= 0.6 is 0 Å². The van der Waals surface area contributed by atoms with Gasteiger partial charge in [-0.15, -0.1) is 0 Å². The number of nitrogens with two attached hydrogens (primary N) is 1. The third-order valence-corrected chi connectivity index (χ3v) is 9.21. The molecule has 3 nitrogen and oxygen atoms in total. The van der Waals surface area contributed by atoms with Crippen LogP contribution in [0.1, 0.15) is 96.4 Å². The third-order valence-electron chi connectivity index (χ3n) is 9.21. The summed E-state index contributed by atoms with van der Waals surface area (Å²) in [6, 6.07) is 0. The Bertz CT molecular complexity index is 571. The van der Waals surface area contributed by atoms with Crippen molar-refractivity contribution in [2.24, 2.45) is 39.2 Å². The fraction of sp³-hybridized carbons (Fsp3) is 1.00. The zero-order chi connectivity index (χ0) is 22.1. The van der Waals surface area contributed by atoms with E-state index in [1.54, 1.807) is 0 Å². The van der Waals surface area contributed by atoms with Crippen LogP contribution in [0.25, 0.3) is 0 Å². The highest BCUT2D eigenvalue weighted by Crippen LogP contribution is 2.62. The van der Waals surface area contributed by atoms with E-state index in [4.69, 9.17) is 15.2 Å². The first-order valence-corrected chi connectivity index (χ1v) is 11.4. The Balaban J connectivity index is 2.15. The van der Waals surface area contributed by atoms with Crippen LogP contribution in [0.5, 0.6) is 0 Å². The molecular formula is C25H49NO2. The van der Waals surface area contributed by atoms with Gasteiger partial charge in [-0.25, -0.2) is 0 Å². The normalized spacial score (nSPS) is 31.3. The molecule has 0 amide bonds. The number of epoxide rings is 2. The summed E-state index contributed by atoms with van der Waals surface area (Å²) >= 11 is 0. The fourth-order valence-corrected chi connectivity index (χ4v) is 5.41. The smallest absolute Gasteiger partial charge is 0.103 e. The van der Waals surface area contributed by atoms with Crippen LogP contribution in [0.2, 0.25) is 0 Å². The second-order valence-corrected chi connectivity index (χ2v) is 13.2. The van der Waals surface area contributed by atoms with Crippen molar-refractivity contribution in [3.63, 3.8) is 0 Å². The molecule has 166 valence electrons. The highest BCUT2D eigenvalue weighted by atomic mass is 16.6. The molecule has 2 fully saturated rings. The van der Waals surface area contributed by atoms with Crippen LogP contribution in [0, 0.1) is 33.5 Å². The lowest BCUT2D eigenvalue weighted by Gasteiger charge is -2.54. The van der Waals surface area contributed by atoms with E-state index in [1.165, 1.54) is 0 Å². The van der Waals surface area contributed by atoms with Gasteiger partial charge in [0.2, 0.25) is 0 Å². The summed E-state index contributed by atoms with van der Waals surface area (Å²) in [5.74, 6) is 0.986. The van der Waals surface area contributed by atoms with E-state index in [-0.39, 0.29) is 39.4 Å². The van der Waals surface area contributed by atoms with Crippen molar-refractivity contribution in [1.82, 2.24) is 0 Å². The summed E-state index contributed by atoms with van der Waals surface area (Å²) in [5.41, 5.74) is 6.78. The molecule has 5 atom stereocenters. The highest BCUT2D eigenvalue weighted by Gasteiger charge is 2.63. The Hall–Kier alpha value is -0.120. The molecule has 2 N–H and O–H groups in total. The molecule has 0 saturated carbocycles. The Morgan fingerprint density at radius 1 is 0.750 bits per heavy atom. The summed E-state index contributed by atoms with van der Waals surface area (Å²) in [4.78, 5) is 0. The second kappa shape index (κ2) is 6.95. The van der Waals surface area contributed by atoms with Crippen molar-refractivity contribution >= 4 is 0 Å². The molecule has 2 saturated heterocycles. The van der Waals surface area contributed by atoms with E-state index in [0.717, 1.165) is 6.42 Å². The van der Waals surface area contributed by atoms with Crippen molar-refractivity contribution in [2.75, 3.05) is 0 Å². The first kappa shape index (κ1) is 24.2. The van der Waals surface area contributed by atoms with Gasteiger partial charge >= 0.3 is 0 Å². The van der Waals surface area contributed by atoms with E-state index < -0.39 is 0 Å². The second-order valence-electron chi connectivity index (χ2n) is 13.2. The molecule has 0 aromatic carbocycles. The average molecular weight is 396 g/mol. The van der Waals surface area contributed by atoms with E-state index in [1.807, 2.05) is 0 Å². The van der Waals surface area contributed by atoms with E-state index in [2.05, 4.69) is 90.0 Å². The Labute approximate surface area is 175 Å². The monoisotopic (exact) mass is 395 g/mol. The average Bonchev–Trinajstić information content (AvgIpc) is 3.34. The van der Waals surface area contributed by atoms with Gasteiger partial charge in [-0.2, -0.15) is 0 Å². The molecule has 0 bridgehead atoms. The van der Waals surface area contributed by atoms with Crippen LogP contribution in [-0.4, -0.2) is 30.0 Å². The van der Waals surface area contributed by atoms with Crippen molar-refractivity contribution in [2.45, 2.75) is 126 Å². The summed E-state index contributed by atoms with van der Waals surface area (Å²) < 4.78 is 12.4. The van der Waals surface area contributed by atoms with Gasteiger partial charge in [-0.1, -0.05) is 83.1 Å². The molecule has 5 unspecified atom stereocenters. The van der Waals surface area contributed by atoms with Crippen molar-refractivity contribution in [3.8, 4) is 0 Å². The van der Waals surface area contributed by atoms with Gasteiger partial charge < -0.3 is 15.2 Å². The number of hydrogen-bond acceptors (Lipinski definition) is 3. The van der Waals surface area contributed by atoms with Crippen molar-refractivity contribution in [1.29, 1.82) is 0 Å². The van der Waals surface area contributed by atoms with E-state index in [0.29, 0.717) is 24.0 Å². The quantitative estimate of drug-likeness (QED) is 0.484. The van der Waals surface area contributed by atoms with Gasteiger partial charge in [0.25, 0.3) is 0 Å². The molecule has 2 aliphatic heterocycles. The van der Waals surface area contributed by atoms with Gasteiger partial charge in [0.15, 0.2) is 0 Å². The first-order valence-electron chi connectivity index (χ1n) is 11.4. The van der Waals surface area contributed by atoms with Gasteiger partial charge in [0, 0.05) is 5.54 Å². The number of ether oxygens (including phenoxy) is 2. The zero-order valence-corrected chi connectivity index (χ0v) is 21.1. The lowest BCUT2D eigenvalue weighted by atomic mass is 9.50. The van der Waals surface area contributed by atoms with E-state index in [9.17, 15) is 0 Å².